The van der Waals surface area contributed by atoms with E-state index in [4.69, 9.17) is 0 Å². The number of aromatic nitrogens is 2. The number of nitrogens with one attached hydrogen (secondary N) is 1. The van der Waals surface area contributed by atoms with E-state index in [1.165, 1.54) is 0 Å². The number of Topliss-reactive ketones (excluding diaryl/α,β-unsaturated/α-hetero) is 1. The third-order valence-corrected chi connectivity index (χ3v) is 4.01. The molecule has 0 bridgehead atoms. The summed E-state index contributed by atoms with van der Waals surface area (Å²) >= 11 is 1.13. The van der Waals surface area contributed by atoms with Crippen molar-refractivity contribution in [1.82, 2.24) is 14.9 Å². The predicted octanol–water partition coefficient (Wildman–Crippen LogP) is 2.08. The Bertz CT molecular complexity index is 480. The van der Waals surface area contributed by atoms with Gasteiger partial charge in [0.05, 0.1) is 5.69 Å². The van der Waals surface area contributed by atoms with Gasteiger partial charge in [-0.05, 0) is 24.4 Å². The zero-order chi connectivity index (χ0) is 14.0. The molecule has 0 aliphatic heterocycles. The average molecular weight is 281 g/mol. The number of ketones is 1. The van der Waals surface area contributed by atoms with E-state index in [2.05, 4.69) is 14.9 Å². The van der Waals surface area contributed by atoms with Gasteiger partial charge in [0.2, 0.25) is 0 Å². The van der Waals surface area contributed by atoms with Gasteiger partial charge >= 0.3 is 0 Å². The lowest BCUT2D eigenvalue weighted by Crippen LogP contribution is -2.38. The van der Waals surface area contributed by atoms with E-state index in [1.54, 1.807) is 0 Å². The molecule has 1 heterocycles. The average Bonchev–Trinajstić information content (AvgIpc) is 2.81. The molecule has 19 heavy (non-hydrogen) atoms. The molecule has 5 nitrogen and oxygen atoms in total. The van der Waals surface area contributed by atoms with Gasteiger partial charge in [0.1, 0.15) is 10.7 Å². The van der Waals surface area contributed by atoms with Crippen LogP contribution >= 0.6 is 11.5 Å². The number of hydrogen-bond acceptors (Lipinski definition) is 5. The molecule has 1 aliphatic rings. The van der Waals surface area contributed by atoms with Crippen molar-refractivity contribution in [3.8, 4) is 0 Å². The van der Waals surface area contributed by atoms with Gasteiger partial charge in [0.15, 0.2) is 0 Å². The van der Waals surface area contributed by atoms with E-state index < -0.39 is 0 Å². The summed E-state index contributed by atoms with van der Waals surface area (Å²) in [4.78, 5) is 24.0. The molecule has 1 N–H and O–H groups in total. The maximum absolute atomic E-state index is 12.3. The third kappa shape index (κ3) is 3.37. The summed E-state index contributed by atoms with van der Waals surface area (Å²) in [6, 6.07) is 0.0973. The summed E-state index contributed by atoms with van der Waals surface area (Å²) in [6.07, 6.45) is 2.61. The zero-order valence-corrected chi connectivity index (χ0v) is 12.3. The first kappa shape index (κ1) is 14.1. The van der Waals surface area contributed by atoms with Crippen molar-refractivity contribution in [2.24, 2.45) is 0 Å². The molecule has 0 aromatic carbocycles. The highest BCUT2D eigenvalue weighted by atomic mass is 32.1. The maximum Gasteiger partial charge on any atom is 0.265 e. The molecule has 1 aromatic heterocycles. The molecule has 0 atom stereocenters. The number of amides is 1. The van der Waals surface area contributed by atoms with Gasteiger partial charge in [-0.3, -0.25) is 9.59 Å². The topological polar surface area (TPSA) is 72.0 Å². The first-order valence-electron chi connectivity index (χ1n) is 6.53. The van der Waals surface area contributed by atoms with Crippen LogP contribution < -0.4 is 5.32 Å². The molecular formula is C13H19N3O2S. The number of carbonyl (C=O) groups is 2. The Morgan fingerprint density at radius 1 is 1.32 bits per heavy atom. The highest BCUT2D eigenvalue weighted by Crippen LogP contribution is 2.26. The molecular weight excluding hydrogens is 262 g/mol. The second-order valence-corrected chi connectivity index (χ2v) is 6.74. The summed E-state index contributed by atoms with van der Waals surface area (Å²) in [5.41, 5.74) is 0.546. The summed E-state index contributed by atoms with van der Waals surface area (Å²) < 4.78 is 3.89. The van der Waals surface area contributed by atoms with Gasteiger partial charge in [-0.1, -0.05) is 25.3 Å². The Morgan fingerprint density at radius 3 is 2.53 bits per heavy atom. The summed E-state index contributed by atoms with van der Waals surface area (Å²) in [5.74, 6) is 0.180. The lowest BCUT2D eigenvalue weighted by atomic mass is 9.91. The van der Waals surface area contributed by atoms with Crippen LogP contribution in [0.4, 0.5) is 0 Å². The van der Waals surface area contributed by atoms with Gasteiger partial charge in [0, 0.05) is 24.3 Å². The second-order valence-electron chi connectivity index (χ2n) is 5.99. The van der Waals surface area contributed by atoms with Crippen molar-refractivity contribution in [2.45, 2.75) is 57.9 Å². The van der Waals surface area contributed by atoms with Crippen LogP contribution in [0.1, 0.15) is 61.8 Å². The van der Waals surface area contributed by atoms with Crippen molar-refractivity contribution in [1.29, 1.82) is 0 Å². The third-order valence-electron chi connectivity index (χ3n) is 3.28. The van der Waals surface area contributed by atoms with Crippen molar-refractivity contribution in [3.05, 3.63) is 10.6 Å². The smallest absolute Gasteiger partial charge is 0.265 e. The minimum atomic E-state index is -0.192. The molecule has 1 fully saturated rings. The lowest BCUT2D eigenvalue weighted by Gasteiger charge is -2.22. The van der Waals surface area contributed by atoms with Crippen LogP contribution in [0.3, 0.4) is 0 Å². The van der Waals surface area contributed by atoms with Crippen LogP contribution in [0, 0.1) is 0 Å². The highest BCUT2D eigenvalue weighted by molar-refractivity contribution is 7.08. The predicted molar refractivity (Wildman–Crippen MR) is 73.3 cm³/mol. The highest BCUT2D eigenvalue weighted by Gasteiger charge is 2.28. The maximum atomic E-state index is 12.3. The first-order chi connectivity index (χ1) is 8.88. The molecule has 0 saturated heterocycles. The fourth-order valence-corrected chi connectivity index (χ4v) is 2.94. The molecule has 1 aliphatic carbocycles. The molecule has 104 valence electrons. The number of hydrogen-bond donors (Lipinski definition) is 1. The minimum absolute atomic E-state index is 0.0973. The van der Waals surface area contributed by atoms with E-state index in [-0.39, 0.29) is 17.4 Å². The quantitative estimate of drug-likeness (QED) is 0.901. The second kappa shape index (κ2) is 5.36. The monoisotopic (exact) mass is 281 g/mol. The fraction of sp³-hybridized carbons (Fsp3) is 0.692. The molecule has 6 heteroatoms. The molecule has 0 unspecified atom stereocenters. The van der Waals surface area contributed by atoms with Gasteiger partial charge in [-0.2, -0.15) is 0 Å². The lowest BCUT2D eigenvalue weighted by molar-refractivity contribution is -0.120. The Hall–Kier alpha value is -1.30. The number of carbonyl (C=O) groups excluding carboxylic acids is 2. The molecule has 1 saturated carbocycles. The van der Waals surface area contributed by atoms with E-state index in [0.29, 0.717) is 23.5 Å². The number of rotatable bonds is 2. The SMILES string of the molecule is CC(C)(C)c1nnsc1C(=O)NC1CCC(=O)CC1. The van der Waals surface area contributed by atoms with Crippen LogP contribution in [0.5, 0.6) is 0 Å². The van der Waals surface area contributed by atoms with Crippen LogP contribution in [-0.2, 0) is 10.2 Å². The van der Waals surface area contributed by atoms with Gasteiger partial charge in [-0.15, -0.1) is 5.10 Å². The minimum Gasteiger partial charge on any atom is -0.348 e. The van der Waals surface area contributed by atoms with Crippen molar-refractivity contribution >= 4 is 23.2 Å². The van der Waals surface area contributed by atoms with Gasteiger partial charge < -0.3 is 5.32 Å². The molecule has 0 radical (unpaired) electrons. The van der Waals surface area contributed by atoms with Crippen molar-refractivity contribution in [3.63, 3.8) is 0 Å². The Balaban J connectivity index is 2.05. The van der Waals surface area contributed by atoms with Crippen LogP contribution in [0.2, 0.25) is 0 Å². The number of nitrogens with zero attached hydrogens (tertiary/aromatic N) is 2. The fourth-order valence-electron chi connectivity index (χ4n) is 2.17. The van der Waals surface area contributed by atoms with Gasteiger partial charge in [-0.25, -0.2) is 0 Å². The molecule has 1 amide bonds. The van der Waals surface area contributed by atoms with E-state index in [0.717, 1.165) is 30.1 Å². The molecule has 2 rings (SSSR count). The van der Waals surface area contributed by atoms with E-state index in [9.17, 15) is 9.59 Å². The van der Waals surface area contributed by atoms with Crippen molar-refractivity contribution < 1.29 is 9.59 Å². The van der Waals surface area contributed by atoms with Crippen LogP contribution in [0.15, 0.2) is 0 Å². The summed E-state index contributed by atoms with van der Waals surface area (Å²) in [7, 11) is 0. The summed E-state index contributed by atoms with van der Waals surface area (Å²) in [5, 5.41) is 7.06. The Kier molecular flexibility index (Phi) is 3.99. The van der Waals surface area contributed by atoms with E-state index >= 15 is 0 Å². The Labute approximate surface area is 117 Å². The van der Waals surface area contributed by atoms with Crippen LogP contribution in [0.25, 0.3) is 0 Å². The normalized spacial score (nSPS) is 17.5. The first-order valence-corrected chi connectivity index (χ1v) is 7.30. The summed E-state index contributed by atoms with van der Waals surface area (Å²) in [6.45, 7) is 6.04. The zero-order valence-electron chi connectivity index (χ0n) is 11.5. The Morgan fingerprint density at radius 2 is 1.95 bits per heavy atom. The van der Waals surface area contributed by atoms with E-state index in [1.807, 2.05) is 20.8 Å². The molecule has 1 aromatic rings. The van der Waals surface area contributed by atoms with Crippen LogP contribution in [-0.4, -0.2) is 27.3 Å². The standard InChI is InChI=1S/C13H19N3O2S/c1-13(2,3)11-10(19-16-15-11)12(18)14-8-4-6-9(17)7-5-8/h8H,4-7H2,1-3H3,(H,14,18). The molecule has 0 spiro atoms. The largest absolute Gasteiger partial charge is 0.348 e. The van der Waals surface area contributed by atoms with Gasteiger partial charge in [0.25, 0.3) is 5.91 Å². The van der Waals surface area contributed by atoms with Crippen molar-refractivity contribution in [2.75, 3.05) is 0 Å².